The summed E-state index contributed by atoms with van der Waals surface area (Å²) in [5.74, 6) is -0.953. The zero-order valence-corrected chi connectivity index (χ0v) is 15.7. The Balaban J connectivity index is 1.75. The van der Waals surface area contributed by atoms with Crippen molar-refractivity contribution >= 4 is 40.6 Å². The molecule has 140 valence electrons. The lowest BCUT2D eigenvalue weighted by Gasteiger charge is -2.08. The maximum absolute atomic E-state index is 12.5. The molecule has 3 rings (SSSR count). The Kier molecular flexibility index (Phi) is 5.81. The molecule has 0 aliphatic heterocycles. The van der Waals surface area contributed by atoms with Crippen LogP contribution in [0.3, 0.4) is 0 Å². The van der Waals surface area contributed by atoms with Crippen LogP contribution in [0.2, 0.25) is 5.02 Å². The van der Waals surface area contributed by atoms with Crippen LogP contribution >= 0.6 is 11.6 Å². The predicted octanol–water partition coefficient (Wildman–Crippen LogP) is 4.44. The van der Waals surface area contributed by atoms with E-state index in [9.17, 15) is 14.4 Å². The van der Waals surface area contributed by atoms with E-state index in [0.29, 0.717) is 22.0 Å². The highest BCUT2D eigenvalue weighted by atomic mass is 35.5. The van der Waals surface area contributed by atoms with Gasteiger partial charge in [-0.3, -0.25) is 19.4 Å². The molecule has 0 bridgehead atoms. The first-order valence-corrected chi connectivity index (χ1v) is 8.74. The van der Waals surface area contributed by atoms with Crippen LogP contribution < -0.4 is 10.6 Å². The van der Waals surface area contributed by atoms with Gasteiger partial charge in [-0.1, -0.05) is 29.8 Å². The number of rotatable bonds is 5. The summed E-state index contributed by atoms with van der Waals surface area (Å²) in [4.78, 5) is 40.3. The van der Waals surface area contributed by atoms with E-state index in [4.69, 9.17) is 11.6 Å². The number of anilines is 2. The molecule has 0 atom stereocenters. The number of halogens is 1. The number of benzene rings is 2. The number of hydrogen-bond acceptors (Lipinski definition) is 4. The van der Waals surface area contributed by atoms with Gasteiger partial charge < -0.3 is 10.6 Å². The Morgan fingerprint density at radius 2 is 1.36 bits per heavy atom. The molecule has 2 amide bonds. The lowest BCUT2D eigenvalue weighted by Crippen LogP contribution is -2.16. The van der Waals surface area contributed by atoms with Crippen molar-refractivity contribution in [2.45, 2.75) is 6.92 Å². The van der Waals surface area contributed by atoms with Crippen LogP contribution in [0.15, 0.2) is 67.0 Å². The lowest BCUT2D eigenvalue weighted by atomic mass is 10.1. The fourth-order valence-corrected chi connectivity index (χ4v) is 2.67. The first kappa shape index (κ1) is 19.3. The van der Waals surface area contributed by atoms with Crippen molar-refractivity contribution in [3.05, 3.63) is 88.7 Å². The number of Topliss-reactive ketones (excluding diaryl/α,β-unsaturated/α-hetero) is 1. The summed E-state index contributed by atoms with van der Waals surface area (Å²) in [5.41, 5.74) is 1.95. The van der Waals surface area contributed by atoms with Crippen molar-refractivity contribution in [1.82, 2.24) is 4.98 Å². The molecule has 0 fully saturated rings. The monoisotopic (exact) mass is 393 g/mol. The van der Waals surface area contributed by atoms with E-state index in [1.807, 2.05) is 0 Å². The Bertz CT molecular complexity index is 1070. The Morgan fingerprint density at radius 1 is 0.786 bits per heavy atom. The minimum atomic E-state index is -0.439. The number of aromatic nitrogens is 1. The molecule has 0 saturated carbocycles. The third kappa shape index (κ3) is 4.81. The Labute approximate surface area is 166 Å². The van der Waals surface area contributed by atoms with Crippen molar-refractivity contribution in [2.24, 2.45) is 0 Å². The summed E-state index contributed by atoms with van der Waals surface area (Å²) in [6.45, 7) is 1.45. The van der Waals surface area contributed by atoms with Crippen LogP contribution in [-0.4, -0.2) is 22.6 Å². The molecule has 0 unspecified atom stereocenters. The number of pyridine rings is 1. The zero-order valence-electron chi connectivity index (χ0n) is 14.9. The molecule has 2 aromatic carbocycles. The van der Waals surface area contributed by atoms with Gasteiger partial charge in [0.05, 0.1) is 11.1 Å². The van der Waals surface area contributed by atoms with Crippen LogP contribution in [0.4, 0.5) is 11.4 Å². The van der Waals surface area contributed by atoms with E-state index >= 15 is 0 Å². The predicted molar refractivity (Wildman–Crippen MR) is 108 cm³/mol. The topological polar surface area (TPSA) is 88.2 Å². The minimum absolute atomic E-state index is 0.0996. The van der Waals surface area contributed by atoms with E-state index in [-0.39, 0.29) is 16.9 Å². The summed E-state index contributed by atoms with van der Waals surface area (Å²) in [7, 11) is 0. The zero-order chi connectivity index (χ0) is 20.1. The second-order valence-corrected chi connectivity index (χ2v) is 6.45. The van der Waals surface area contributed by atoms with Gasteiger partial charge in [0.2, 0.25) is 0 Å². The molecule has 7 heteroatoms. The van der Waals surface area contributed by atoms with E-state index in [1.165, 1.54) is 25.4 Å². The highest BCUT2D eigenvalue weighted by molar-refractivity contribution is 6.31. The standard InChI is InChI=1S/C21H16ClN3O3/c1-13(26)14-4-2-6-18(9-14)24-20(27)15-8-16(12-23-11-15)21(28)25-19-7-3-5-17(22)10-19/h2-12H,1H3,(H,24,27)(H,25,28). The average molecular weight is 394 g/mol. The molecule has 1 heterocycles. The van der Waals surface area contributed by atoms with Crippen molar-refractivity contribution in [3.63, 3.8) is 0 Å². The summed E-state index contributed by atoms with van der Waals surface area (Å²) in [6.07, 6.45) is 2.73. The van der Waals surface area contributed by atoms with Crippen molar-refractivity contribution in [3.8, 4) is 0 Å². The van der Waals surface area contributed by atoms with Crippen LogP contribution in [0.5, 0.6) is 0 Å². The summed E-state index contributed by atoms with van der Waals surface area (Å²) in [6, 6.07) is 14.8. The summed E-state index contributed by atoms with van der Waals surface area (Å²) >= 11 is 5.91. The van der Waals surface area contributed by atoms with Gasteiger partial charge in [-0.2, -0.15) is 0 Å². The van der Waals surface area contributed by atoms with E-state index in [1.54, 1.807) is 48.5 Å². The molecule has 2 N–H and O–H groups in total. The van der Waals surface area contributed by atoms with E-state index < -0.39 is 11.8 Å². The van der Waals surface area contributed by atoms with E-state index in [0.717, 1.165) is 0 Å². The molecule has 6 nitrogen and oxygen atoms in total. The average Bonchev–Trinajstić information content (AvgIpc) is 2.68. The van der Waals surface area contributed by atoms with Crippen LogP contribution in [0.25, 0.3) is 0 Å². The fraction of sp³-hybridized carbons (Fsp3) is 0.0476. The van der Waals surface area contributed by atoms with Gasteiger partial charge in [0, 0.05) is 34.4 Å². The van der Waals surface area contributed by atoms with Gasteiger partial charge in [0.1, 0.15) is 0 Å². The number of ketones is 1. The Morgan fingerprint density at radius 3 is 1.93 bits per heavy atom. The van der Waals surface area contributed by atoms with E-state index in [2.05, 4.69) is 15.6 Å². The molecular formula is C21H16ClN3O3. The molecule has 3 aromatic rings. The normalized spacial score (nSPS) is 10.2. The molecule has 0 aliphatic carbocycles. The van der Waals surface area contributed by atoms with Crippen molar-refractivity contribution in [2.75, 3.05) is 10.6 Å². The number of carbonyl (C=O) groups excluding carboxylic acids is 3. The van der Waals surface area contributed by atoms with Crippen LogP contribution in [0, 0.1) is 0 Å². The molecule has 1 aromatic heterocycles. The fourth-order valence-electron chi connectivity index (χ4n) is 2.48. The highest BCUT2D eigenvalue weighted by Gasteiger charge is 2.13. The second kappa shape index (κ2) is 8.45. The molecular weight excluding hydrogens is 378 g/mol. The lowest BCUT2D eigenvalue weighted by molar-refractivity contribution is 0.100. The highest BCUT2D eigenvalue weighted by Crippen LogP contribution is 2.17. The third-order valence-corrected chi connectivity index (χ3v) is 4.11. The Hall–Kier alpha value is -3.51. The maximum atomic E-state index is 12.5. The van der Waals surface area contributed by atoms with Gasteiger partial charge in [0.15, 0.2) is 5.78 Å². The second-order valence-electron chi connectivity index (χ2n) is 6.02. The largest absolute Gasteiger partial charge is 0.322 e. The van der Waals surface area contributed by atoms with Gasteiger partial charge >= 0.3 is 0 Å². The third-order valence-electron chi connectivity index (χ3n) is 3.87. The summed E-state index contributed by atoms with van der Waals surface area (Å²) in [5, 5.41) is 5.90. The number of amides is 2. The quantitative estimate of drug-likeness (QED) is 0.627. The first-order valence-electron chi connectivity index (χ1n) is 8.37. The maximum Gasteiger partial charge on any atom is 0.257 e. The number of nitrogens with zero attached hydrogens (tertiary/aromatic N) is 1. The van der Waals surface area contributed by atoms with Crippen molar-refractivity contribution < 1.29 is 14.4 Å². The van der Waals surface area contributed by atoms with Crippen LogP contribution in [-0.2, 0) is 0 Å². The minimum Gasteiger partial charge on any atom is -0.322 e. The number of hydrogen-bond donors (Lipinski definition) is 2. The molecule has 0 spiro atoms. The van der Waals surface area contributed by atoms with Gasteiger partial charge in [-0.25, -0.2) is 0 Å². The van der Waals surface area contributed by atoms with Gasteiger partial charge in [0.25, 0.3) is 11.8 Å². The number of carbonyl (C=O) groups is 3. The molecule has 28 heavy (non-hydrogen) atoms. The SMILES string of the molecule is CC(=O)c1cccc(NC(=O)c2cncc(C(=O)Nc3cccc(Cl)c3)c2)c1. The van der Waals surface area contributed by atoms with Gasteiger partial charge in [-0.05, 0) is 43.3 Å². The molecule has 0 aliphatic rings. The van der Waals surface area contributed by atoms with Crippen molar-refractivity contribution in [1.29, 1.82) is 0 Å². The van der Waals surface area contributed by atoms with Gasteiger partial charge in [-0.15, -0.1) is 0 Å². The molecule has 0 saturated heterocycles. The number of nitrogens with one attached hydrogen (secondary N) is 2. The summed E-state index contributed by atoms with van der Waals surface area (Å²) < 4.78 is 0. The smallest absolute Gasteiger partial charge is 0.257 e. The molecule has 0 radical (unpaired) electrons. The van der Waals surface area contributed by atoms with Crippen LogP contribution in [0.1, 0.15) is 38.0 Å². The first-order chi connectivity index (χ1) is 13.4.